The summed E-state index contributed by atoms with van der Waals surface area (Å²) >= 11 is 4.95. The van der Waals surface area contributed by atoms with E-state index in [1.807, 2.05) is 4.68 Å². The number of nitrogens with two attached hydrogens (primary N) is 1. The molecular weight excluding hydrogens is 196 g/mol. The lowest BCUT2D eigenvalue weighted by atomic mass is 10.1. The molecular formula is C9H14N4S. The van der Waals surface area contributed by atoms with Gasteiger partial charge < -0.3 is 5.73 Å². The van der Waals surface area contributed by atoms with Gasteiger partial charge in [0, 0.05) is 0 Å². The first kappa shape index (κ1) is 9.58. The lowest BCUT2D eigenvalue weighted by molar-refractivity contribution is 0.565. The maximum Gasteiger partial charge on any atom is 0.143 e. The van der Waals surface area contributed by atoms with E-state index in [-0.39, 0.29) is 0 Å². The van der Waals surface area contributed by atoms with Crippen LogP contribution in [-0.4, -0.2) is 20.0 Å². The lowest BCUT2D eigenvalue weighted by Crippen LogP contribution is -2.14. The lowest BCUT2D eigenvalue weighted by Gasteiger charge is -2.09. The second-order valence-electron chi connectivity index (χ2n) is 4.02. The van der Waals surface area contributed by atoms with Crippen LogP contribution in [0.5, 0.6) is 0 Å². The van der Waals surface area contributed by atoms with Crippen LogP contribution in [0.1, 0.15) is 50.0 Å². The molecule has 0 aromatic carbocycles. The van der Waals surface area contributed by atoms with Crippen molar-refractivity contribution in [3.63, 3.8) is 0 Å². The minimum absolute atomic E-state index is 0.348. The molecule has 5 heteroatoms. The summed E-state index contributed by atoms with van der Waals surface area (Å²) in [7, 11) is 0. The summed E-state index contributed by atoms with van der Waals surface area (Å²) < 4.78 is 1.99. The Labute approximate surface area is 88.5 Å². The van der Waals surface area contributed by atoms with Crippen LogP contribution in [0.25, 0.3) is 0 Å². The fourth-order valence-electron chi connectivity index (χ4n) is 1.60. The SMILES string of the molecule is CC(C)c1c(C(N)=S)nnn1C1CC1. The van der Waals surface area contributed by atoms with E-state index in [0.29, 0.717) is 22.6 Å². The average Bonchev–Trinajstić information content (AvgIpc) is 2.83. The quantitative estimate of drug-likeness (QED) is 0.766. The van der Waals surface area contributed by atoms with Gasteiger partial charge in [0.25, 0.3) is 0 Å². The van der Waals surface area contributed by atoms with Gasteiger partial charge >= 0.3 is 0 Å². The number of hydrogen-bond acceptors (Lipinski definition) is 3. The molecule has 0 radical (unpaired) electrons. The van der Waals surface area contributed by atoms with Gasteiger partial charge in [0.15, 0.2) is 0 Å². The van der Waals surface area contributed by atoms with Crippen LogP contribution < -0.4 is 5.73 Å². The number of aromatic nitrogens is 3. The number of rotatable bonds is 3. The van der Waals surface area contributed by atoms with Gasteiger partial charge in [-0.15, -0.1) is 5.10 Å². The third-order valence-corrected chi connectivity index (χ3v) is 2.60. The zero-order valence-corrected chi connectivity index (χ0v) is 9.21. The van der Waals surface area contributed by atoms with Crippen LogP contribution >= 0.6 is 12.2 Å². The maximum atomic E-state index is 5.60. The second-order valence-corrected chi connectivity index (χ2v) is 4.46. The highest BCUT2D eigenvalue weighted by Gasteiger charge is 2.30. The van der Waals surface area contributed by atoms with Crippen molar-refractivity contribution in [2.45, 2.75) is 38.6 Å². The molecule has 0 aliphatic heterocycles. The zero-order valence-electron chi connectivity index (χ0n) is 8.40. The minimum atomic E-state index is 0.348. The van der Waals surface area contributed by atoms with Gasteiger partial charge in [-0.3, -0.25) is 0 Å². The van der Waals surface area contributed by atoms with Crippen LogP contribution in [0.3, 0.4) is 0 Å². The van der Waals surface area contributed by atoms with E-state index < -0.39 is 0 Å². The largest absolute Gasteiger partial charge is 0.388 e. The van der Waals surface area contributed by atoms with Crippen LogP contribution in [0.15, 0.2) is 0 Å². The second kappa shape index (κ2) is 3.31. The van der Waals surface area contributed by atoms with E-state index in [1.165, 1.54) is 12.8 Å². The molecule has 1 heterocycles. The Morgan fingerprint density at radius 2 is 2.21 bits per heavy atom. The standard InChI is InChI=1S/C9H14N4S/c1-5(2)8-7(9(10)14)11-12-13(8)6-3-4-6/h5-6H,3-4H2,1-2H3,(H2,10,14). The zero-order chi connectivity index (χ0) is 10.3. The molecule has 0 saturated heterocycles. The van der Waals surface area contributed by atoms with Gasteiger partial charge in [0.05, 0.1) is 11.7 Å². The molecule has 0 amide bonds. The topological polar surface area (TPSA) is 56.7 Å². The highest BCUT2D eigenvalue weighted by molar-refractivity contribution is 7.80. The maximum absolute atomic E-state index is 5.60. The average molecular weight is 210 g/mol. The summed E-state index contributed by atoms with van der Waals surface area (Å²) in [6.45, 7) is 4.22. The monoisotopic (exact) mass is 210 g/mol. The first-order valence-electron chi connectivity index (χ1n) is 4.86. The van der Waals surface area contributed by atoms with Gasteiger partial charge in [-0.1, -0.05) is 31.3 Å². The van der Waals surface area contributed by atoms with E-state index in [1.54, 1.807) is 0 Å². The van der Waals surface area contributed by atoms with Gasteiger partial charge in [-0.2, -0.15) is 0 Å². The summed E-state index contributed by atoms with van der Waals surface area (Å²) in [6.07, 6.45) is 2.39. The molecule has 1 aromatic heterocycles. The molecule has 1 fully saturated rings. The first-order valence-corrected chi connectivity index (χ1v) is 5.27. The highest BCUT2D eigenvalue weighted by atomic mass is 32.1. The van der Waals surface area contributed by atoms with E-state index in [2.05, 4.69) is 24.2 Å². The predicted molar refractivity (Wildman–Crippen MR) is 58.3 cm³/mol. The Bertz CT molecular complexity index is 365. The molecule has 0 spiro atoms. The van der Waals surface area contributed by atoms with Crippen molar-refractivity contribution in [1.29, 1.82) is 0 Å². The van der Waals surface area contributed by atoms with Crippen LogP contribution in [0.4, 0.5) is 0 Å². The normalized spacial score (nSPS) is 16.2. The fourth-order valence-corrected chi connectivity index (χ4v) is 1.75. The molecule has 0 bridgehead atoms. The molecule has 4 nitrogen and oxygen atoms in total. The number of hydrogen-bond donors (Lipinski definition) is 1. The third kappa shape index (κ3) is 1.52. The molecule has 1 saturated carbocycles. The number of nitrogens with zero attached hydrogens (tertiary/aromatic N) is 3. The van der Waals surface area contributed by atoms with Gasteiger partial charge in [0.2, 0.25) is 0 Å². The summed E-state index contributed by atoms with van der Waals surface area (Å²) in [5.74, 6) is 0.363. The smallest absolute Gasteiger partial charge is 0.143 e. The molecule has 2 N–H and O–H groups in total. The van der Waals surface area contributed by atoms with Gasteiger partial charge in [-0.25, -0.2) is 4.68 Å². The Hall–Kier alpha value is -0.970. The Morgan fingerprint density at radius 1 is 1.57 bits per heavy atom. The van der Waals surface area contributed by atoms with E-state index in [0.717, 1.165) is 5.69 Å². The molecule has 1 aliphatic rings. The van der Waals surface area contributed by atoms with Crippen molar-refractivity contribution < 1.29 is 0 Å². The minimum Gasteiger partial charge on any atom is -0.388 e. The van der Waals surface area contributed by atoms with Crippen molar-refractivity contribution in [2.75, 3.05) is 0 Å². The first-order chi connectivity index (χ1) is 6.61. The van der Waals surface area contributed by atoms with Crippen molar-refractivity contribution >= 4 is 17.2 Å². The summed E-state index contributed by atoms with van der Waals surface area (Å²) in [4.78, 5) is 0.348. The highest BCUT2D eigenvalue weighted by Crippen LogP contribution is 2.37. The van der Waals surface area contributed by atoms with E-state index >= 15 is 0 Å². The Morgan fingerprint density at radius 3 is 2.64 bits per heavy atom. The molecule has 0 unspecified atom stereocenters. The fraction of sp³-hybridized carbons (Fsp3) is 0.667. The van der Waals surface area contributed by atoms with Gasteiger partial charge in [-0.05, 0) is 18.8 Å². The molecule has 14 heavy (non-hydrogen) atoms. The Balaban J connectivity index is 2.46. The predicted octanol–water partition coefficient (Wildman–Crippen LogP) is 1.37. The molecule has 2 rings (SSSR count). The number of thiocarbonyl (C=S) groups is 1. The molecule has 76 valence electrons. The van der Waals surface area contributed by atoms with Crippen LogP contribution in [-0.2, 0) is 0 Å². The van der Waals surface area contributed by atoms with Crippen LogP contribution in [0, 0.1) is 0 Å². The summed E-state index contributed by atoms with van der Waals surface area (Å²) in [6, 6.07) is 0.531. The summed E-state index contributed by atoms with van der Waals surface area (Å²) in [5.41, 5.74) is 7.38. The Kier molecular flexibility index (Phi) is 2.26. The van der Waals surface area contributed by atoms with E-state index in [4.69, 9.17) is 18.0 Å². The van der Waals surface area contributed by atoms with Crippen molar-refractivity contribution in [3.05, 3.63) is 11.4 Å². The van der Waals surface area contributed by atoms with Gasteiger partial charge in [0.1, 0.15) is 10.7 Å². The summed E-state index contributed by atoms with van der Waals surface area (Å²) in [5, 5.41) is 8.16. The molecule has 1 aliphatic carbocycles. The third-order valence-electron chi connectivity index (χ3n) is 2.40. The van der Waals surface area contributed by atoms with Crippen molar-refractivity contribution in [2.24, 2.45) is 5.73 Å². The van der Waals surface area contributed by atoms with Crippen molar-refractivity contribution in [1.82, 2.24) is 15.0 Å². The van der Waals surface area contributed by atoms with E-state index in [9.17, 15) is 0 Å². The van der Waals surface area contributed by atoms with Crippen molar-refractivity contribution in [3.8, 4) is 0 Å². The van der Waals surface area contributed by atoms with Crippen LogP contribution in [0.2, 0.25) is 0 Å². The molecule has 1 aromatic rings. The molecule has 0 atom stereocenters.